The number of hydrogen-bond donors (Lipinski definition) is 1. The molecule has 2 N–H and O–H groups in total. The van der Waals surface area contributed by atoms with E-state index in [0.29, 0.717) is 17.1 Å². The van der Waals surface area contributed by atoms with Crippen LogP contribution in [0.3, 0.4) is 0 Å². The highest BCUT2D eigenvalue weighted by Gasteiger charge is 2.17. The predicted octanol–water partition coefficient (Wildman–Crippen LogP) is 2.05. The van der Waals surface area contributed by atoms with Crippen molar-refractivity contribution in [2.45, 2.75) is 13.5 Å². The molecule has 0 atom stereocenters. The Balaban J connectivity index is 2.14. The Morgan fingerprint density at radius 1 is 1.29 bits per heavy atom. The number of para-hydroxylation sites is 1. The molecule has 0 aliphatic rings. The molecule has 0 unspecified atom stereocenters. The Hall–Kier alpha value is -2.76. The number of ether oxygens (including phenoxy) is 2. The van der Waals surface area contributed by atoms with Crippen LogP contribution < -0.4 is 10.5 Å². The molecule has 1 heterocycles. The van der Waals surface area contributed by atoms with E-state index in [1.165, 1.54) is 7.11 Å². The Morgan fingerprint density at radius 3 is 2.67 bits per heavy atom. The molecular weight excluding hydrogens is 274 g/mol. The summed E-state index contributed by atoms with van der Waals surface area (Å²) in [7, 11) is 1.28. The van der Waals surface area contributed by atoms with Crippen LogP contribution in [-0.2, 0) is 11.3 Å². The van der Waals surface area contributed by atoms with Gasteiger partial charge >= 0.3 is 5.97 Å². The molecular formula is C15H15NO5. The number of carbonyl (C=O) groups excluding carboxylic acids is 2. The van der Waals surface area contributed by atoms with Crippen molar-refractivity contribution in [2.75, 3.05) is 7.11 Å². The number of benzene rings is 1. The molecule has 0 aliphatic heterocycles. The zero-order valence-corrected chi connectivity index (χ0v) is 11.7. The third-order valence-corrected chi connectivity index (χ3v) is 2.86. The Morgan fingerprint density at radius 2 is 2.00 bits per heavy atom. The lowest BCUT2D eigenvalue weighted by atomic mass is 10.2. The normalized spacial score (nSPS) is 10.2. The minimum absolute atomic E-state index is 0.0716. The highest BCUT2D eigenvalue weighted by molar-refractivity contribution is 5.95. The van der Waals surface area contributed by atoms with Crippen molar-refractivity contribution in [3.63, 3.8) is 0 Å². The molecule has 6 heteroatoms. The van der Waals surface area contributed by atoms with Crippen LogP contribution in [-0.4, -0.2) is 19.0 Å². The molecule has 21 heavy (non-hydrogen) atoms. The SMILES string of the molecule is COC(=O)c1oc(COc2ccccc2C(N)=O)cc1C. The molecule has 2 rings (SSSR count). The molecule has 0 fully saturated rings. The van der Waals surface area contributed by atoms with E-state index < -0.39 is 11.9 Å². The van der Waals surface area contributed by atoms with Gasteiger partial charge in [-0.15, -0.1) is 0 Å². The summed E-state index contributed by atoms with van der Waals surface area (Å²) in [5.41, 5.74) is 6.21. The van der Waals surface area contributed by atoms with Gasteiger partial charge in [0.05, 0.1) is 12.7 Å². The summed E-state index contributed by atoms with van der Waals surface area (Å²) in [4.78, 5) is 22.7. The van der Waals surface area contributed by atoms with Crippen LogP contribution in [0.2, 0.25) is 0 Å². The lowest BCUT2D eigenvalue weighted by Crippen LogP contribution is -2.12. The number of amides is 1. The maximum Gasteiger partial charge on any atom is 0.374 e. The minimum Gasteiger partial charge on any atom is -0.485 e. The Labute approximate surface area is 121 Å². The lowest BCUT2D eigenvalue weighted by Gasteiger charge is -2.07. The van der Waals surface area contributed by atoms with E-state index in [9.17, 15) is 9.59 Å². The number of nitrogens with two attached hydrogens (primary N) is 1. The van der Waals surface area contributed by atoms with Crippen LogP contribution in [0.15, 0.2) is 34.7 Å². The standard InChI is InChI=1S/C15H15NO5/c1-9-7-10(21-13(9)15(18)19-2)8-20-12-6-4-3-5-11(12)14(16)17/h3-7H,8H2,1-2H3,(H2,16,17). The van der Waals surface area contributed by atoms with Gasteiger partial charge in [-0.25, -0.2) is 4.79 Å². The van der Waals surface area contributed by atoms with E-state index in [0.717, 1.165) is 0 Å². The minimum atomic E-state index is -0.573. The van der Waals surface area contributed by atoms with Crippen molar-refractivity contribution < 1.29 is 23.5 Å². The predicted molar refractivity (Wildman–Crippen MR) is 74.1 cm³/mol. The van der Waals surface area contributed by atoms with Crippen LogP contribution >= 0.6 is 0 Å². The fourth-order valence-electron chi connectivity index (χ4n) is 1.86. The number of primary amides is 1. The van der Waals surface area contributed by atoms with E-state index in [-0.39, 0.29) is 17.9 Å². The second-order valence-corrected chi connectivity index (χ2v) is 4.37. The summed E-state index contributed by atoms with van der Waals surface area (Å²) in [5.74, 6) is -0.169. The number of furan rings is 1. The van der Waals surface area contributed by atoms with Crippen LogP contribution in [0.5, 0.6) is 5.75 Å². The lowest BCUT2D eigenvalue weighted by molar-refractivity contribution is 0.0559. The highest BCUT2D eigenvalue weighted by Crippen LogP contribution is 2.21. The number of hydrogen-bond acceptors (Lipinski definition) is 5. The fraction of sp³-hybridized carbons (Fsp3) is 0.200. The average molecular weight is 289 g/mol. The largest absolute Gasteiger partial charge is 0.485 e. The number of carbonyl (C=O) groups is 2. The quantitative estimate of drug-likeness (QED) is 0.850. The van der Waals surface area contributed by atoms with Crippen molar-refractivity contribution in [1.82, 2.24) is 0 Å². The van der Waals surface area contributed by atoms with Gasteiger partial charge in [-0.2, -0.15) is 0 Å². The van der Waals surface area contributed by atoms with E-state index in [1.807, 2.05) is 0 Å². The van der Waals surface area contributed by atoms with Crippen molar-refractivity contribution in [3.05, 3.63) is 53.0 Å². The second kappa shape index (κ2) is 6.13. The van der Waals surface area contributed by atoms with Gasteiger partial charge in [-0.3, -0.25) is 4.79 Å². The van der Waals surface area contributed by atoms with Crippen LogP contribution in [0.1, 0.15) is 32.2 Å². The van der Waals surface area contributed by atoms with Crippen molar-refractivity contribution in [3.8, 4) is 5.75 Å². The second-order valence-electron chi connectivity index (χ2n) is 4.37. The van der Waals surface area contributed by atoms with Gasteiger partial charge in [0.1, 0.15) is 18.1 Å². The van der Waals surface area contributed by atoms with E-state index >= 15 is 0 Å². The van der Waals surface area contributed by atoms with Crippen molar-refractivity contribution in [2.24, 2.45) is 5.73 Å². The first-order valence-corrected chi connectivity index (χ1v) is 6.22. The molecule has 0 aliphatic carbocycles. The van der Waals surface area contributed by atoms with Gasteiger partial charge < -0.3 is 19.6 Å². The summed E-state index contributed by atoms with van der Waals surface area (Å²) in [5, 5.41) is 0. The maximum absolute atomic E-state index is 11.4. The molecule has 1 amide bonds. The zero-order chi connectivity index (χ0) is 15.4. The maximum atomic E-state index is 11.4. The molecule has 2 aromatic rings. The molecule has 6 nitrogen and oxygen atoms in total. The van der Waals surface area contributed by atoms with Crippen molar-refractivity contribution in [1.29, 1.82) is 0 Å². The Bertz CT molecular complexity index is 674. The fourth-order valence-corrected chi connectivity index (χ4v) is 1.86. The molecule has 0 spiro atoms. The van der Waals surface area contributed by atoms with Gasteiger partial charge in [0.15, 0.2) is 0 Å². The summed E-state index contributed by atoms with van der Waals surface area (Å²) >= 11 is 0. The number of rotatable bonds is 5. The summed E-state index contributed by atoms with van der Waals surface area (Å²) in [6.45, 7) is 1.80. The molecule has 0 saturated heterocycles. The molecule has 110 valence electrons. The summed E-state index contributed by atoms with van der Waals surface area (Å²) in [6, 6.07) is 8.32. The van der Waals surface area contributed by atoms with Gasteiger partial charge in [0.2, 0.25) is 5.76 Å². The monoisotopic (exact) mass is 289 g/mol. The highest BCUT2D eigenvalue weighted by atomic mass is 16.5. The van der Waals surface area contributed by atoms with Crippen LogP contribution in [0.4, 0.5) is 0 Å². The first-order valence-electron chi connectivity index (χ1n) is 6.22. The van der Waals surface area contributed by atoms with Gasteiger partial charge in [-0.1, -0.05) is 12.1 Å². The topological polar surface area (TPSA) is 91.8 Å². The molecule has 0 bridgehead atoms. The number of esters is 1. The molecule has 0 saturated carbocycles. The number of aryl methyl sites for hydroxylation is 1. The van der Waals surface area contributed by atoms with E-state index in [2.05, 4.69) is 4.74 Å². The molecule has 1 aromatic heterocycles. The molecule has 0 radical (unpaired) electrons. The van der Waals surface area contributed by atoms with Crippen LogP contribution in [0, 0.1) is 6.92 Å². The zero-order valence-electron chi connectivity index (χ0n) is 11.7. The van der Waals surface area contributed by atoms with Gasteiger partial charge in [-0.05, 0) is 25.1 Å². The van der Waals surface area contributed by atoms with Crippen LogP contribution in [0.25, 0.3) is 0 Å². The molecule has 1 aromatic carbocycles. The first-order chi connectivity index (χ1) is 10.0. The van der Waals surface area contributed by atoms with Crippen molar-refractivity contribution >= 4 is 11.9 Å². The Kier molecular flexibility index (Phi) is 4.27. The third kappa shape index (κ3) is 3.22. The van der Waals surface area contributed by atoms with Gasteiger partial charge in [0, 0.05) is 5.56 Å². The summed E-state index contributed by atoms with van der Waals surface area (Å²) in [6.07, 6.45) is 0. The van der Waals surface area contributed by atoms with E-state index in [4.69, 9.17) is 14.9 Å². The van der Waals surface area contributed by atoms with Gasteiger partial charge in [0.25, 0.3) is 5.91 Å². The van der Waals surface area contributed by atoms with E-state index in [1.54, 1.807) is 37.3 Å². The smallest absolute Gasteiger partial charge is 0.374 e. The average Bonchev–Trinajstić information content (AvgIpc) is 2.85. The third-order valence-electron chi connectivity index (χ3n) is 2.86. The summed E-state index contributed by atoms with van der Waals surface area (Å²) < 4.78 is 15.5. The number of methoxy groups -OCH3 is 1. The first kappa shape index (κ1) is 14.6.